The van der Waals surface area contributed by atoms with E-state index in [0.717, 1.165) is 0 Å². The smallest absolute Gasteiger partial charge is 0.323 e. The second-order valence-electron chi connectivity index (χ2n) is 2.00. The van der Waals surface area contributed by atoms with E-state index in [2.05, 4.69) is 0 Å². The first-order chi connectivity index (χ1) is 4.09. The van der Waals surface area contributed by atoms with Crippen molar-refractivity contribution in [3.8, 4) is 0 Å². The van der Waals surface area contributed by atoms with Gasteiger partial charge in [0.1, 0.15) is 6.04 Å². The lowest BCUT2D eigenvalue weighted by atomic mass is 10.3. The van der Waals surface area contributed by atoms with Gasteiger partial charge in [0.05, 0.1) is 6.61 Å². The number of hydrogen-bond acceptors (Lipinski definition) is 3. The molecule has 0 aliphatic carbocycles. The third-order valence-electron chi connectivity index (χ3n) is 1.08. The molecule has 0 unspecified atom stereocenters. The Morgan fingerprint density at radius 2 is 2.11 bits per heavy atom. The standard InChI is InChI=1S/C5H11NO3/c1-6(2)4(3-7)5(8)9/h4,7H,3H2,1-2H3,(H,8,9)/t4-/m1/s1. The minimum atomic E-state index is -0.998. The van der Waals surface area contributed by atoms with Gasteiger partial charge in [-0.1, -0.05) is 0 Å². The number of carbonyl (C=O) groups is 1. The van der Waals surface area contributed by atoms with Crippen molar-refractivity contribution in [2.45, 2.75) is 6.04 Å². The van der Waals surface area contributed by atoms with Crippen LogP contribution in [0.3, 0.4) is 0 Å². The van der Waals surface area contributed by atoms with E-state index in [4.69, 9.17) is 10.2 Å². The molecule has 0 rings (SSSR count). The van der Waals surface area contributed by atoms with Gasteiger partial charge in [0.2, 0.25) is 0 Å². The summed E-state index contributed by atoms with van der Waals surface area (Å²) in [6.07, 6.45) is 0. The Balaban J connectivity index is 3.83. The predicted octanol–water partition coefficient (Wildman–Crippen LogP) is -1.01. The van der Waals surface area contributed by atoms with Crippen LogP contribution in [0.1, 0.15) is 0 Å². The van der Waals surface area contributed by atoms with Crippen molar-refractivity contribution < 1.29 is 15.0 Å². The van der Waals surface area contributed by atoms with Gasteiger partial charge >= 0.3 is 5.97 Å². The molecule has 0 saturated heterocycles. The van der Waals surface area contributed by atoms with Gasteiger partial charge in [-0.2, -0.15) is 0 Å². The minimum absolute atomic E-state index is 0.345. The van der Waals surface area contributed by atoms with E-state index in [9.17, 15) is 4.79 Å². The van der Waals surface area contributed by atoms with Crippen LogP contribution in [0.2, 0.25) is 0 Å². The molecule has 0 spiro atoms. The first kappa shape index (κ1) is 8.39. The Hall–Kier alpha value is -0.610. The maximum absolute atomic E-state index is 10.2. The summed E-state index contributed by atoms with van der Waals surface area (Å²) >= 11 is 0. The Morgan fingerprint density at radius 1 is 1.67 bits per heavy atom. The molecule has 9 heavy (non-hydrogen) atoms. The van der Waals surface area contributed by atoms with E-state index < -0.39 is 12.0 Å². The molecular weight excluding hydrogens is 122 g/mol. The van der Waals surface area contributed by atoms with E-state index in [-0.39, 0.29) is 6.61 Å². The third kappa shape index (κ3) is 2.43. The lowest BCUT2D eigenvalue weighted by Gasteiger charge is -2.16. The summed E-state index contributed by atoms with van der Waals surface area (Å²) in [4.78, 5) is 11.6. The quantitative estimate of drug-likeness (QED) is 0.518. The molecule has 54 valence electrons. The molecule has 1 atom stereocenters. The maximum Gasteiger partial charge on any atom is 0.323 e. The average molecular weight is 133 g/mol. The molecule has 0 saturated carbocycles. The Labute approximate surface area is 53.7 Å². The number of nitrogens with zero attached hydrogens (tertiary/aromatic N) is 1. The SMILES string of the molecule is CN(C)[C@H](CO)C(=O)O. The van der Waals surface area contributed by atoms with Gasteiger partial charge in [-0.3, -0.25) is 9.69 Å². The van der Waals surface area contributed by atoms with E-state index in [1.165, 1.54) is 4.90 Å². The summed E-state index contributed by atoms with van der Waals surface area (Å²) in [7, 11) is 3.21. The fraction of sp³-hybridized carbons (Fsp3) is 0.800. The van der Waals surface area contributed by atoms with Crippen molar-refractivity contribution in [2.75, 3.05) is 20.7 Å². The molecule has 0 aromatic rings. The van der Waals surface area contributed by atoms with Crippen LogP contribution in [0.15, 0.2) is 0 Å². The molecule has 4 nitrogen and oxygen atoms in total. The van der Waals surface area contributed by atoms with Crippen LogP contribution in [0.5, 0.6) is 0 Å². The maximum atomic E-state index is 10.2. The van der Waals surface area contributed by atoms with Crippen LogP contribution in [0, 0.1) is 0 Å². The monoisotopic (exact) mass is 133 g/mol. The van der Waals surface area contributed by atoms with Crippen LogP contribution in [-0.2, 0) is 4.79 Å². The summed E-state index contributed by atoms with van der Waals surface area (Å²) in [6.45, 7) is -0.345. The van der Waals surface area contributed by atoms with Crippen molar-refractivity contribution in [1.29, 1.82) is 0 Å². The molecule has 0 fully saturated rings. The number of aliphatic carboxylic acids is 1. The zero-order chi connectivity index (χ0) is 7.44. The molecule has 0 heterocycles. The van der Waals surface area contributed by atoms with Crippen molar-refractivity contribution in [3.05, 3.63) is 0 Å². The molecule has 0 aromatic heterocycles. The van der Waals surface area contributed by atoms with Crippen LogP contribution in [-0.4, -0.2) is 47.8 Å². The molecule has 0 aliphatic rings. The van der Waals surface area contributed by atoms with Gasteiger partial charge in [0, 0.05) is 0 Å². The molecule has 0 bridgehead atoms. The normalized spacial score (nSPS) is 13.8. The highest BCUT2D eigenvalue weighted by Crippen LogP contribution is 1.89. The van der Waals surface area contributed by atoms with Gasteiger partial charge in [0.15, 0.2) is 0 Å². The number of carboxylic acids is 1. The Kier molecular flexibility index (Phi) is 3.19. The fourth-order valence-corrected chi connectivity index (χ4v) is 0.462. The highest BCUT2D eigenvalue weighted by molar-refractivity contribution is 5.73. The van der Waals surface area contributed by atoms with Crippen molar-refractivity contribution in [1.82, 2.24) is 4.90 Å². The number of aliphatic hydroxyl groups excluding tert-OH is 1. The molecular formula is C5H11NO3. The summed E-state index contributed by atoms with van der Waals surface area (Å²) < 4.78 is 0. The molecule has 0 radical (unpaired) electrons. The third-order valence-corrected chi connectivity index (χ3v) is 1.08. The van der Waals surface area contributed by atoms with Crippen molar-refractivity contribution >= 4 is 5.97 Å². The second kappa shape index (κ2) is 3.42. The molecule has 0 aliphatic heterocycles. The largest absolute Gasteiger partial charge is 0.480 e. The number of carboxylic acid groups (broad SMARTS) is 1. The minimum Gasteiger partial charge on any atom is -0.480 e. The molecule has 0 aromatic carbocycles. The predicted molar refractivity (Wildman–Crippen MR) is 32.2 cm³/mol. The Bertz CT molecular complexity index is 102. The van der Waals surface area contributed by atoms with Crippen LogP contribution < -0.4 is 0 Å². The van der Waals surface area contributed by atoms with E-state index in [1.807, 2.05) is 0 Å². The summed E-state index contributed by atoms with van der Waals surface area (Å²) in [5, 5.41) is 16.8. The van der Waals surface area contributed by atoms with E-state index in [1.54, 1.807) is 14.1 Å². The highest BCUT2D eigenvalue weighted by atomic mass is 16.4. The lowest BCUT2D eigenvalue weighted by Crippen LogP contribution is -2.38. The topological polar surface area (TPSA) is 60.8 Å². The van der Waals surface area contributed by atoms with E-state index in [0.29, 0.717) is 0 Å². The van der Waals surface area contributed by atoms with E-state index >= 15 is 0 Å². The summed E-state index contributed by atoms with van der Waals surface area (Å²) in [5.41, 5.74) is 0. The first-order valence-corrected chi connectivity index (χ1v) is 2.59. The van der Waals surface area contributed by atoms with Gasteiger partial charge in [0.25, 0.3) is 0 Å². The van der Waals surface area contributed by atoms with Gasteiger partial charge < -0.3 is 10.2 Å². The zero-order valence-corrected chi connectivity index (χ0v) is 5.53. The van der Waals surface area contributed by atoms with Gasteiger partial charge in [-0.25, -0.2) is 0 Å². The number of rotatable bonds is 3. The average Bonchev–Trinajstić information content (AvgIpc) is 1.64. The molecule has 0 amide bonds. The summed E-state index contributed by atoms with van der Waals surface area (Å²) in [5.74, 6) is -0.998. The first-order valence-electron chi connectivity index (χ1n) is 2.59. The zero-order valence-electron chi connectivity index (χ0n) is 5.53. The van der Waals surface area contributed by atoms with Crippen LogP contribution >= 0.6 is 0 Å². The van der Waals surface area contributed by atoms with Gasteiger partial charge in [-0.05, 0) is 14.1 Å². The summed E-state index contributed by atoms with van der Waals surface area (Å²) in [6, 6.07) is -0.773. The van der Waals surface area contributed by atoms with Crippen LogP contribution in [0.4, 0.5) is 0 Å². The number of aliphatic hydroxyl groups is 1. The number of likely N-dealkylation sites (N-methyl/N-ethyl adjacent to an activating group) is 1. The molecule has 4 heteroatoms. The van der Waals surface area contributed by atoms with Crippen molar-refractivity contribution in [2.24, 2.45) is 0 Å². The number of hydrogen-bond donors (Lipinski definition) is 2. The molecule has 2 N–H and O–H groups in total. The highest BCUT2D eigenvalue weighted by Gasteiger charge is 2.17. The van der Waals surface area contributed by atoms with Gasteiger partial charge in [-0.15, -0.1) is 0 Å². The lowest BCUT2D eigenvalue weighted by molar-refractivity contribution is -0.143. The fourth-order valence-electron chi connectivity index (χ4n) is 0.462. The Morgan fingerprint density at radius 3 is 2.11 bits per heavy atom. The second-order valence-corrected chi connectivity index (χ2v) is 2.00. The van der Waals surface area contributed by atoms with Crippen molar-refractivity contribution in [3.63, 3.8) is 0 Å². The van der Waals surface area contributed by atoms with Crippen LogP contribution in [0.25, 0.3) is 0 Å².